The molecule has 8 nitrogen and oxygen atoms in total. The molecule has 2 aliphatic rings. The summed E-state index contributed by atoms with van der Waals surface area (Å²) in [5, 5.41) is 12.3. The third-order valence-corrected chi connectivity index (χ3v) is 8.57. The van der Waals surface area contributed by atoms with Crippen LogP contribution in [0.25, 0.3) is 22.5 Å². The minimum Gasteiger partial charge on any atom is -0.481 e. The van der Waals surface area contributed by atoms with Gasteiger partial charge in [0, 0.05) is 23.1 Å². The molecule has 1 N–H and O–H groups in total. The molecule has 5 rings (SSSR count). The van der Waals surface area contributed by atoms with Gasteiger partial charge in [0.15, 0.2) is 5.13 Å². The number of methoxy groups -OCH3 is 1. The Hall–Kier alpha value is -3.33. The Morgan fingerprint density at radius 1 is 1.05 bits per heavy atom. The van der Waals surface area contributed by atoms with E-state index in [0.29, 0.717) is 29.2 Å². The molecular formula is C28H32N4O4S. The summed E-state index contributed by atoms with van der Waals surface area (Å²) in [5.74, 6) is -0.486. The topological polar surface area (TPSA) is 106 Å². The van der Waals surface area contributed by atoms with Crippen LogP contribution in [0.4, 0.5) is 5.13 Å². The number of hydrogen-bond donors (Lipinski definition) is 1. The zero-order valence-electron chi connectivity index (χ0n) is 21.0. The van der Waals surface area contributed by atoms with Crippen LogP contribution in [0.1, 0.15) is 51.4 Å². The standard InChI is InChI=1S/C28H32N4O4S/c1-36-25-16-29-23(15-30-25)20-11-4-5-12-21(20)24-17-37-28(31-24)32-13-7-6-10-19(18-8-2-3-9-18)22(27(32)35)14-26(33)34/h4-5,11-12,15-19,22H,2-3,6-10,13-14H2,1H3,(H,33,34). The van der Waals surface area contributed by atoms with Gasteiger partial charge in [-0.25, -0.2) is 15.0 Å². The molecule has 37 heavy (non-hydrogen) atoms. The van der Waals surface area contributed by atoms with Crippen LogP contribution < -0.4 is 9.64 Å². The number of nitrogens with zero attached hydrogens (tertiary/aromatic N) is 4. The first kappa shape index (κ1) is 25.3. The molecule has 2 aromatic heterocycles. The predicted octanol–water partition coefficient (Wildman–Crippen LogP) is 5.69. The van der Waals surface area contributed by atoms with Crippen LogP contribution in [0.15, 0.2) is 42.0 Å². The van der Waals surface area contributed by atoms with Gasteiger partial charge in [-0.15, -0.1) is 11.3 Å². The second-order valence-electron chi connectivity index (χ2n) is 9.90. The van der Waals surface area contributed by atoms with E-state index < -0.39 is 11.9 Å². The molecule has 3 aromatic rings. The Morgan fingerprint density at radius 3 is 2.46 bits per heavy atom. The molecule has 1 aliphatic carbocycles. The average Bonchev–Trinajstić information content (AvgIpc) is 3.62. The molecule has 2 fully saturated rings. The van der Waals surface area contributed by atoms with Crippen molar-refractivity contribution in [3.05, 3.63) is 42.0 Å². The molecular weight excluding hydrogens is 488 g/mol. The lowest BCUT2D eigenvalue weighted by Crippen LogP contribution is -2.44. The van der Waals surface area contributed by atoms with E-state index >= 15 is 0 Å². The summed E-state index contributed by atoms with van der Waals surface area (Å²) in [7, 11) is 1.55. The minimum atomic E-state index is -0.906. The summed E-state index contributed by atoms with van der Waals surface area (Å²) < 4.78 is 5.13. The molecule has 1 saturated carbocycles. The highest BCUT2D eigenvalue weighted by Crippen LogP contribution is 2.42. The molecule has 3 heterocycles. The van der Waals surface area contributed by atoms with Crippen LogP contribution in [-0.4, -0.2) is 45.6 Å². The summed E-state index contributed by atoms with van der Waals surface area (Å²) in [6.07, 6.45) is 10.5. The maximum atomic E-state index is 13.9. The number of benzene rings is 1. The monoisotopic (exact) mass is 520 g/mol. The number of aromatic nitrogens is 3. The van der Waals surface area contributed by atoms with Crippen LogP contribution in [0.3, 0.4) is 0 Å². The number of ether oxygens (including phenoxy) is 1. The van der Waals surface area contributed by atoms with Gasteiger partial charge in [-0.1, -0.05) is 56.4 Å². The molecule has 1 aliphatic heterocycles. The molecule has 0 bridgehead atoms. The number of carbonyl (C=O) groups excluding carboxylic acids is 1. The van der Waals surface area contributed by atoms with Crippen molar-refractivity contribution >= 4 is 28.3 Å². The van der Waals surface area contributed by atoms with Crippen molar-refractivity contribution in [3.63, 3.8) is 0 Å². The lowest BCUT2D eigenvalue weighted by molar-refractivity contribution is -0.142. The van der Waals surface area contributed by atoms with Crippen molar-refractivity contribution in [2.45, 2.75) is 51.4 Å². The van der Waals surface area contributed by atoms with Crippen LogP contribution in [-0.2, 0) is 9.59 Å². The van der Waals surface area contributed by atoms with Gasteiger partial charge in [0.25, 0.3) is 0 Å². The predicted molar refractivity (Wildman–Crippen MR) is 143 cm³/mol. The van der Waals surface area contributed by atoms with Gasteiger partial charge in [-0.2, -0.15) is 0 Å². The molecule has 1 saturated heterocycles. The summed E-state index contributed by atoms with van der Waals surface area (Å²) in [6.45, 7) is 0.560. The van der Waals surface area contributed by atoms with Gasteiger partial charge in [0.1, 0.15) is 0 Å². The summed E-state index contributed by atoms with van der Waals surface area (Å²) in [5.41, 5.74) is 3.24. The first-order valence-electron chi connectivity index (χ1n) is 13.0. The minimum absolute atomic E-state index is 0.0887. The number of carboxylic acid groups (broad SMARTS) is 1. The van der Waals surface area contributed by atoms with Crippen LogP contribution in [0.2, 0.25) is 0 Å². The Bertz CT molecular complexity index is 1240. The van der Waals surface area contributed by atoms with Gasteiger partial charge in [-0.05, 0) is 24.7 Å². The first-order valence-corrected chi connectivity index (χ1v) is 13.9. The van der Waals surface area contributed by atoms with E-state index in [9.17, 15) is 14.7 Å². The lowest BCUT2D eigenvalue weighted by Gasteiger charge is -2.35. The van der Waals surface area contributed by atoms with Crippen molar-refractivity contribution in [1.82, 2.24) is 15.0 Å². The second kappa shape index (κ2) is 11.4. The summed E-state index contributed by atoms with van der Waals surface area (Å²) in [6, 6.07) is 7.85. The van der Waals surface area contributed by atoms with Crippen molar-refractivity contribution in [1.29, 1.82) is 0 Å². The van der Waals surface area contributed by atoms with Gasteiger partial charge < -0.3 is 9.84 Å². The second-order valence-corrected chi connectivity index (χ2v) is 10.7. The third kappa shape index (κ3) is 5.51. The fourth-order valence-corrected chi connectivity index (χ4v) is 6.77. The fourth-order valence-electron chi connectivity index (χ4n) is 5.91. The summed E-state index contributed by atoms with van der Waals surface area (Å²) >= 11 is 1.43. The third-order valence-electron chi connectivity index (χ3n) is 7.71. The van der Waals surface area contributed by atoms with Gasteiger partial charge in [-0.3, -0.25) is 14.5 Å². The van der Waals surface area contributed by atoms with Crippen molar-refractivity contribution in [2.24, 2.45) is 17.8 Å². The fraction of sp³-hybridized carbons (Fsp3) is 0.464. The molecule has 2 unspecified atom stereocenters. The van der Waals surface area contributed by atoms with Crippen molar-refractivity contribution < 1.29 is 19.4 Å². The highest BCUT2D eigenvalue weighted by molar-refractivity contribution is 7.14. The zero-order chi connectivity index (χ0) is 25.8. The SMILES string of the molecule is COc1cnc(-c2ccccc2-c2csc(N3CCCCC(C4CCCC4)C(CC(=O)O)C3=O)n2)cn1. The van der Waals surface area contributed by atoms with E-state index in [4.69, 9.17) is 9.72 Å². The van der Waals surface area contributed by atoms with Crippen LogP contribution >= 0.6 is 11.3 Å². The molecule has 194 valence electrons. The Labute approximate surface area is 220 Å². The van der Waals surface area contributed by atoms with E-state index in [-0.39, 0.29) is 18.2 Å². The Morgan fingerprint density at radius 2 is 1.78 bits per heavy atom. The largest absolute Gasteiger partial charge is 0.481 e. The van der Waals surface area contributed by atoms with E-state index in [1.54, 1.807) is 24.4 Å². The number of carbonyl (C=O) groups is 2. The van der Waals surface area contributed by atoms with E-state index in [1.807, 2.05) is 29.6 Å². The molecule has 2 atom stereocenters. The van der Waals surface area contributed by atoms with Crippen molar-refractivity contribution in [2.75, 3.05) is 18.6 Å². The van der Waals surface area contributed by atoms with E-state index in [2.05, 4.69) is 9.97 Å². The van der Waals surface area contributed by atoms with Crippen LogP contribution in [0.5, 0.6) is 5.88 Å². The number of hydrogen-bond acceptors (Lipinski definition) is 7. The smallest absolute Gasteiger partial charge is 0.304 e. The molecule has 1 amide bonds. The molecule has 0 spiro atoms. The average molecular weight is 521 g/mol. The van der Waals surface area contributed by atoms with Gasteiger partial charge in [0.05, 0.1) is 43.2 Å². The maximum Gasteiger partial charge on any atom is 0.304 e. The highest BCUT2D eigenvalue weighted by Gasteiger charge is 2.40. The number of aliphatic carboxylic acids is 1. The number of carboxylic acids is 1. The normalized spacial score (nSPS) is 21.0. The highest BCUT2D eigenvalue weighted by atomic mass is 32.1. The molecule has 1 aromatic carbocycles. The summed E-state index contributed by atoms with van der Waals surface area (Å²) in [4.78, 5) is 41.1. The number of thiazole rings is 1. The van der Waals surface area contributed by atoms with Crippen molar-refractivity contribution in [3.8, 4) is 28.4 Å². The Kier molecular flexibility index (Phi) is 7.79. The number of anilines is 1. The van der Waals surface area contributed by atoms with E-state index in [0.717, 1.165) is 48.9 Å². The molecule has 9 heteroatoms. The van der Waals surface area contributed by atoms with Gasteiger partial charge >= 0.3 is 5.97 Å². The van der Waals surface area contributed by atoms with E-state index in [1.165, 1.54) is 24.2 Å². The molecule has 0 radical (unpaired) electrons. The first-order chi connectivity index (χ1) is 18.0. The number of rotatable bonds is 7. The maximum absolute atomic E-state index is 13.9. The van der Waals surface area contributed by atoms with Gasteiger partial charge in [0.2, 0.25) is 11.8 Å². The quantitative estimate of drug-likeness (QED) is 0.427. The Balaban J connectivity index is 1.45. The lowest BCUT2D eigenvalue weighted by atomic mass is 9.74. The van der Waals surface area contributed by atoms with Crippen LogP contribution in [0, 0.1) is 17.8 Å². The number of amides is 1. The zero-order valence-corrected chi connectivity index (χ0v) is 21.8.